The molecule has 1 aromatic heterocycles. The maximum atomic E-state index is 6.80. The zero-order valence-electron chi connectivity index (χ0n) is 34.6. The third-order valence-electron chi connectivity index (χ3n) is 13.9. The number of hydrogen-bond donors (Lipinski definition) is 0. The number of anilines is 3. The van der Waals surface area contributed by atoms with E-state index in [2.05, 4.69) is 229 Å². The summed E-state index contributed by atoms with van der Waals surface area (Å²) < 4.78 is 6.80. The third kappa shape index (κ3) is 4.87. The van der Waals surface area contributed by atoms with Gasteiger partial charge in [0.05, 0.1) is 22.2 Å². The van der Waals surface area contributed by atoms with Gasteiger partial charge in [0.15, 0.2) is 0 Å². The average Bonchev–Trinajstić information content (AvgIpc) is 3.89. The lowest BCUT2D eigenvalue weighted by atomic mass is 9.67. The van der Waals surface area contributed by atoms with Gasteiger partial charge in [-0.3, -0.25) is 0 Å². The lowest BCUT2D eigenvalue weighted by Gasteiger charge is -2.40. The second-order valence-electron chi connectivity index (χ2n) is 17.1. The fourth-order valence-corrected chi connectivity index (χ4v) is 12.6. The molecule has 0 fully saturated rings. The molecule has 2 heterocycles. The van der Waals surface area contributed by atoms with Gasteiger partial charge in [-0.15, -0.1) is 0 Å². The fourth-order valence-electron chi connectivity index (χ4n) is 11.2. The summed E-state index contributed by atoms with van der Waals surface area (Å²) in [5.74, 6) is 0. The Hall–Kier alpha value is -7.85. The molecule has 0 N–H and O–H groups in total. The molecule has 64 heavy (non-hydrogen) atoms. The SMILES string of the molecule is c1ccc2c(c1)Sc1c(-c3ccc(N(c4cc5ccccc5c5ccccc45)c4cccc5oc6c7ccccc7ccc6c45)cc3)cccc1C21c2ccccc2-c2ccccc21. The highest BCUT2D eigenvalue weighted by Gasteiger charge is 2.50. The van der Waals surface area contributed by atoms with E-state index in [1.54, 1.807) is 0 Å². The van der Waals surface area contributed by atoms with Gasteiger partial charge in [-0.2, -0.15) is 0 Å². The van der Waals surface area contributed by atoms with E-state index in [0.717, 1.165) is 44.4 Å². The number of fused-ring (bicyclic) bond motifs is 17. The van der Waals surface area contributed by atoms with Crippen LogP contribution in [0, 0.1) is 0 Å². The summed E-state index contributed by atoms with van der Waals surface area (Å²) >= 11 is 1.90. The Morgan fingerprint density at radius 2 is 1.00 bits per heavy atom. The predicted molar refractivity (Wildman–Crippen MR) is 268 cm³/mol. The molecule has 0 saturated heterocycles. The first-order valence-corrected chi connectivity index (χ1v) is 22.8. The van der Waals surface area contributed by atoms with Gasteiger partial charge >= 0.3 is 0 Å². The smallest absolute Gasteiger partial charge is 0.143 e. The highest BCUT2D eigenvalue weighted by Crippen LogP contribution is 2.63. The first kappa shape index (κ1) is 35.7. The third-order valence-corrected chi connectivity index (χ3v) is 15.1. The molecular formula is C61H37NOS. The minimum Gasteiger partial charge on any atom is -0.455 e. The van der Waals surface area contributed by atoms with Crippen molar-refractivity contribution in [3.8, 4) is 22.3 Å². The van der Waals surface area contributed by atoms with Crippen molar-refractivity contribution in [2.45, 2.75) is 15.2 Å². The summed E-state index contributed by atoms with van der Waals surface area (Å²) in [6, 6.07) is 82.7. The zero-order valence-corrected chi connectivity index (χ0v) is 35.4. The van der Waals surface area contributed by atoms with E-state index in [0.29, 0.717) is 0 Å². The maximum Gasteiger partial charge on any atom is 0.143 e. The molecule has 298 valence electrons. The summed E-state index contributed by atoms with van der Waals surface area (Å²) in [5, 5.41) is 9.35. The summed E-state index contributed by atoms with van der Waals surface area (Å²) in [6.45, 7) is 0. The van der Waals surface area contributed by atoms with Crippen molar-refractivity contribution in [2.75, 3.05) is 4.90 Å². The molecule has 1 aliphatic heterocycles. The molecule has 11 aromatic carbocycles. The van der Waals surface area contributed by atoms with E-state index in [9.17, 15) is 0 Å². The van der Waals surface area contributed by atoms with Crippen LogP contribution in [0.15, 0.2) is 239 Å². The van der Waals surface area contributed by atoms with E-state index >= 15 is 0 Å². The summed E-state index contributed by atoms with van der Waals surface area (Å²) in [6.07, 6.45) is 0. The zero-order chi connectivity index (χ0) is 41.9. The van der Waals surface area contributed by atoms with E-state index in [-0.39, 0.29) is 0 Å². The van der Waals surface area contributed by atoms with Crippen LogP contribution in [-0.4, -0.2) is 0 Å². The van der Waals surface area contributed by atoms with Crippen LogP contribution in [0.5, 0.6) is 0 Å². The second kappa shape index (κ2) is 13.6. The molecule has 0 bridgehead atoms. The number of benzene rings is 11. The van der Waals surface area contributed by atoms with E-state index in [1.165, 1.54) is 81.2 Å². The summed E-state index contributed by atoms with van der Waals surface area (Å²) in [4.78, 5) is 5.06. The van der Waals surface area contributed by atoms with Crippen molar-refractivity contribution in [2.24, 2.45) is 0 Å². The van der Waals surface area contributed by atoms with Crippen LogP contribution < -0.4 is 4.90 Å². The van der Waals surface area contributed by atoms with Crippen molar-refractivity contribution >= 4 is 83.1 Å². The largest absolute Gasteiger partial charge is 0.455 e. The molecule has 0 atom stereocenters. The van der Waals surface area contributed by atoms with Crippen LogP contribution in [0.4, 0.5) is 17.1 Å². The molecule has 0 radical (unpaired) electrons. The van der Waals surface area contributed by atoms with Crippen LogP contribution >= 0.6 is 11.8 Å². The number of furan rings is 1. The minimum atomic E-state index is -0.425. The first-order chi connectivity index (χ1) is 31.8. The monoisotopic (exact) mass is 831 g/mol. The minimum absolute atomic E-state index is 0.425. The van der Waals surface area contributed by atoms with E-state index < -0.39 is 5.41 Å². The number of nitrogens with zero attached hydrogens (tertiary/aromatic N) is 1. The Balaban J connectivity index is 0.995. The molecule has 1 aliphatic carbocycles. The van der Waals surface area contributed by atoms with Gasteiger partial charge in [0.25, 0.3) is 0 Å². The van der Waals surface area contributed by atoms with Gasteiger partial charge in [0, 0.05) is 31.6 Å². The highest BCUT2D eigenvalue weighted by atomic mass is 32.2. The lowest BCUT2D eigenvalue weighted by molar-refractivity contribution is 0.672. The number of hydrogen-bond acceptors (Lipinski definition) is 3. The standard InChI is InChI=1S/C61H37NOS/c1-4-18-43-38(15-1)33-36-49-58-54(28-14-29-56(58)63-59(43)49)62(55-37-40-16-2-3-17-42(40)45-19-5-6-22-48(45)55)41-34-31-39(32-35-41)44-23-13-27-53-60(44)64-57-30-12-11-26-52(57)61(53)50-24-9-7-20-46(50)47-21-8-10-25-51(47)61/h1-37H. The first-order valence-electron chi connectivity index (χ1n) is 22.0. The van der Waals surface area contributed by atoms with Gasteiger partial charge in [-0.05, 0) is 109 Å². The number of rotatable bonds is 4. The molecule has 0 unspecified atom stereocenters. The quantitative estimate of drug-likeness (QED) is 0.164. The van der Waals surface area contributed by atoms with Crippen molar-refractivity contribution in [1.82, 2.24) is 0 Å². The molecule has 12 aromatic rings. The Morgan fingerprint density at radius 1 is 0.391 bits per heavy atom. The fraction of sp³-hybridized carbons (Fsp3) is 0.0164. The summed E-state index contributed by atoms with van der Waals surface area (Å²) in [5.41, 5.74) is 15.1. The van der Waals surface area contributed by atoms with Gasteiger partial charge in [-0.1, -0.05) is 194 Å². The molecular weight excluding hydrogens is 795 g/mol. The molecule has 2 aliphatic rings. The van der Waals surface area contributed by atoms with E-state index in [4.69, 9.17) is 4.42 Å². The normalized spacial score (nSPS) is 13.4. The molecule has 3 heteroatoms. The van der Waals surface area contributed by atoms with E-state index in [1.807, 2.05) is 11.8 Å². The van der Waals surface area contributed by atoms with Crippen molar-refractivity contribution in [3.63, 3.8) is 0 Å². The Bertz CT molecular complexity index is 3850. The molecule has 2 nitrogen and oxygen atoms in total. The highest BCUT2D eigenvalue weighted by molar-refractivity contribution is 7.99. The van der Waals surface area contributed by atoms with Crippen LogP contribution in [0.3, 0.4) is 0 Å². The van der Waals surface area contributed by atoms with Gasteiger partial charge in [0.1, 0.15) is 11.2 Å². The lowest BCUT2D eigenvalue weighted by Crippen LogP contribution is -2.32. The van der Waals surface area contributed by atoms with Crippen LogP contribution in [0.1, 0.15) is 22.3 Å². The molecule has 0 saturated carbocycles. The molecule has 1 spiro atoms. The second-order valence-corrected chi connectivity index (χ2v) is 18.1. The van der Waals surface area contributed by atoms with Gasteiger partial charge in [0.2, 0.25) is 0 Å². The van der Waals surface area contributed by atoms with Gasteiger partial charge < -0.3 is 9.32 Å². The summed E-state index contributed by atoms with van der Waals surface area (Å²) in [7, 11) is 0. The molecule has 0 amide bonds. The van der Waals surface area contributed by atoms with Crippen LogP contribution in [0.2, 0.25) is 0 Å². The Morgan fingerprint density at radius 3 is 1.80 bits per heavy atom. The van der Waals surface area contributed by atoms with Gasteiger partial charge in [-0.25, -0.2) is 0 Å². The maximum absolute atomic E-state index is 6.80. The Kier molecular flexibility index (Phi) is 7.57. The van der Waals surface area contributed by atoms with Crippen LogP contribution in [0.25, 0.3) is 76.5 Å². The molecule has 14 rings (SSSR count). The average molecular weight is 832 g/mol. The topological polar surface area (TPSA) is 16.4 Å². The Labute approximate surface area is 374 Å². The van der Waals surface area contributed by atoms with Crippen molar-refractivity contribution in [3.05, 3.63) is 247 Å². The predicted octanol–water partition coefficient (Wildman–Crippen LogP) is 17.0. The van der Waals surface area contributed by atoms with Crippen LogP contribution in [-0.2, 0) is 5.41 Å². The van der Waals surface area contributed by atoms with Crippen molar-refractivity contribution < 1.29 is 4.42 Å². The van der Waals surface area contributed by atoms with Crippen molar-refractivity contribution in [1.29, 1.82) is 0 Å².